The summed E-state index contributed by atoms with van der Waals surface area (Å²) in [5.74, 6) is 0.778. The third-order valence-electron chi connectivity index (χ3n) is 2.29. The van der Waals surface area contributed by atoms with Crippen molar-refractivity contribution in [3.05, 3.63) is 41.0 Å². The highest BCUT2D eigenvalue weighted by Crippen LogP contribution is 2.22. The number of halogens is 1. The normalized spacial score (nSPS) is 10.1. The maximum absolute atomic E-state index is 11.6. The number of amides is 1. The van der Waals surface area contributed by atoms with Gasteiger partial charge in [-0.15, -0.1) is 0 Å². The van der Waals surface area contributed by atoms with Crippen LogP contribution in [0.25, 0.3) is 0 Å². The van der Waals surface area contributed by atoms with Crippen molar-refractivity contribution in [2.75, 3.05) is 11.9 Å². The number of carbonyl (C=O) groups is 1. The predicted octanol–water partition coefficient (Wildman–Crippen LogP) is 2.39. The number of hydrogen-bond acceptors (Lipinski definition) is 3. The molecule has 1 aromatic carbocycles. The van der Waals surface area contributed by atoms with Gasteiger partial charge in [-0.05, 0) is 19.1 Å². The number of nitrogens with one attached hydrogen (secondary N) is 2. The van der Waals surface area contributed by atoms with Gasteiger partial charge in [0.25, 0.3) is 5.91 Å². The molecule has 1 heterocycles. The van der Waals surface area contributed by atoms with Crippen LogP contribution >= 0.6 is 11.6 Å². The van der Waals surface area contributed by atoms with E-state index in [1.165, 1.54) is 0 Å². The van der Waals surface area contributed by atoms with E-state index in [0.717, 1.165) is 5.56 Å². The van der Waals surface area contributed by atoms with Crippen LogP contribution in [0.5, 0.6) is 5.75 Å². The Bertz CT molecular complexity index is 554. The van der Waals surface area contributed by atoms with Gasteiger partial charge in [0.15, 0.2) is 6.61 Å². The highest BCUT2D eigenvalue weighted by molar-refractivity contribution is 6.32. The summed E-state index contributed by atoms with van der Waals surface area (Å²) in [7, 11) is 0. The Morgan fingerprint density at radius 1 is 1.50 bits per heavy atom. The molecular weight excluding hydrogens is 254 g/mol. The Morgan fingerprint density at radius 2 is 2.28 bits per heavy atom. The second kappa shape index (κ2) is 5.55. The third-order valence-corrected chi connectivity index (χ3v) is 2.60. The standard InChI is InChI=1S/C12H12ClN3O2/c1-8-6-14-16-12(8)15-11(17)7-18-10-5-3-2-4-9(10)13/h2-6H,7H2,1H3,(H2,14,15,16,17). The topological polar surface area (TPSA) is 67.0 Å². The van der Waals surface area contributed by atoms with Crippen molar-refractivity contribution >= 4 is 23.3 Å². The van der Waals surface area contributed by atoms with Crippen LogP contribution < -0.4 is 10.1 Å². The van der Waals surface area contributed by atoms with E-state index in [1.54, 1.807) is 30.5 Å². The molecule has 0 fully saturated rings. The SMILES string of the molecule is Cc1cn[nH]c1NC(=O)COc1ccccc1Cl. The van der Waals surface area contributed by atoms with Gasteiger partial charge in [0, 0.05) is 5.56 Å². The van der Waals surface area contributed by atoms with Gasteiger partial charge in [0.2, 0.25) is 0 Å². The van der Waals surface area contributed by atoms with Gasteiger partial charge in [0.1, 0.15) is 11.6 Å². The molecule has 0 atom stereocenters. The van der Waals surface area contributed by atoms with E-state index in [-0.39, 0.29) is 12.5 Å². The van der Waals surface area contributed by atoms with E-state index >= 15 is 0 Å². The van der Waals surface area contributed by atoms with Crippen molar-refractivity contribution in [2.45, 2.75) is 6.92 Å². The van der Waals surface area contributed by atoms with Crippen LogP contribution in [0, 0.1) is 6.92 Å². The molecule has 18 heavy (non-hydrogen) atoms. The number of para-hydroxylation sites is 1. The first-order chi connectivity index (χ1) is 8.66. The van der Waals surface area contributed by atoms with Crippen LogP contribution in [-0.2, 0) is 4.79 Å². The molecule has 0 spiro atoms. The van der Waals surface area contributed by atoms with Gasteiger partial charge in [-0.25, -0.2) is 0 Å². The van der Waals surface area contributed by atoms with Crippen LogP contribution in [0.3, 0.4) is 0 Å². The fourth-order valence-corrected chi connectivity index (χ4v) is 1.54. The molecule has 2 N–H and O–H groups in total. The summed E-state index contributed by atoms with van der Waals surface area (Å²) >= 11 is 5.90. The number of aromatic nitrogens is 2. The Labute approximate surface area is 109 Å². The van der Waals surface area contributed by atoms with Gasteiger partial charge in [-0.1, -0.05) is 23.7 Å². The Balaban J connectivity index is 1.90. The van der Waals surface area contributed by atoms with Crippen molar-refractivity contribution in [3.63, 3.8) is 0 Å². The van der Waals surface area contributed by atoms with Crippen molar-refractivity contribution in [1.82, 2.24) is 10.2 Å². The number of aryl methyl sites for hydroxylation is 1. The molecule has 0 radical (unpaired) electrons. The average molecular weight is 266 g/mol. The van der Waals surface area contributed by atoms with Crippen LogP contribution in [0.15, 0.2) is 30.5 Å². The number of nitrogens with zero attached hydrogens (tertiary/aromatic N) is 1. The maximum Gasteiger partial charge on any atom is 0.263 e. The number of benzene rings is 1. The quantitative estimate of drug-likeness (QED) is 0.892. The van der Waals surface area contributed by atoms with Crippen LogP contribution in [-0.4, -0.2) is 22.7 Å². The lowest BCUT2D eigenvalue weighted by molar-refractivity contribution is -0.118. The molecule has 0 aliphatic heterocycles. The molecule has 5 nitrogen and oxygen atoms in total. The lowest BCUT2D eigenvalue weighted by Crippen LogP contribution is -2.20. The Kier molecular flexibility index (Phi) is 3.84. The number of aromatic amines is 1. The van der Waals surface area contributed by atoms with Gasteiger partial charge < -0.3 is 10.1 Å². The number of rotatable bonds is 4. The molecule has 2 aromatic rings. The largest absolute Gasteiger partial charge is 0.482 e. The highest BCUT2D eigenvalue weighted by atomic mass is 35.5. The van der Waals surface area contributed by atoms with Gasteiger partial charge in [-0.3, -0.25) is 9.89 Å². The third kappa shape index (κ3) is 3.01. The first-order valence-corrected chi connectivity index (χ1v) is 5.72. The molecule has 0 bridgehead atoms. The van der Waals surface area contributed by atoms with E-state index < -0.39 is 0 Å². The summed E-state index contributed by atoms with van der Waals surface area (Å²) in [6, 6.07) is 6.99. The molecule has 0 unspecified atom stereocenters. The van der Waals surface area contributed by atoms with Crippen LogP contribution in [0.2, 0.25) is 5.02 Å². The number of hydrogen-bond donors (Lipinski definition) is 2. The minimum Gasteiger partial charge on any atom is -0.482 e. The number of anilines is 1. The van der Waals surface area contributed by atoms with Crippen molar-refractivity contribution in [3.8, 4) is 5.75 Å². The molecule has 0 saturated heterocycles. The lowest BCUT2D eigenvalue weighted by Gasteiger charge is -2.07. The Morgan fingerprint density at radius 3 is 2.94 bits per heavy atom. The van der Waals surface area contributed by atoms with Crippen LogP contribution in [0.4, 0.5) is 5.82 Å². The second-order valence-corrected chi connectivity index (χ2v) is 4.10. The summed E-state index contributed by atoms with van der Waals surface area (Å²) in [6.07, 6.45) is 1.63. The number of H-pyrrole nitrogens is 1. The van der Waals surface area contributed by atoms with E-state index in [2.05, 4.69) is 15.5 Å². The summed E-state index contributed by atoms with van der Waals surface area (Å²) in [4.78, 5) is 11.6. The van der Waals surface area contributed by atoms with Gasteiger partial charge >= 0.3 is 0 Å². The summed E-state index contributed by atoms with van der Waals surface area (Å²) < 4.78 is 5.31. The monoisotopic (exact) mass is 265 g/mol. The molecule has 0 aliphatic rings. The minimum atomic E-state index is -0.276. The maximum atomic E-state index is 11.6. The fraction of sp³-hybridized carbons (Fsp3) is 0.167. The Hall–Kier alpha value is -2.01. The predicted molar refractivity (Wildman–Crippen MR) is 68.9 cm³/mol. The summed E-state index contributed by atoms with van der Waals surface area (Å²) in [6.45, 7) is 1.73. The molecule has 0 saturated carbocycles. The minimum absolute atomic E-state index is 0.109. The van der Waals surface area contributed by atoms with Crippen molar-refractivity contribution in [2.24, 2.45) is 0 Å². The molecule has 2 rings (SSSR count). The molecule has 1 aromatic heterocycles. The zero-order chi connectivity index (χ0) is 13.0. The molecule has 94 valence electrons. The first-order valence-electron chi connectivity index (χ1n) is 5.34. The molecule has 0 aliphatic carbocycles. The smallest absolute Gasteiger partial charge is 0.263 e. The number of carbonyl (C=O) groups excluding carboxylic acids is 1. The highest BCUT2D eigenvalue weighted by Gasteiger charge is 2.08. The molecular formula is C12H12ClN3O2. The van der Waals surface area contributed by atoms with Crippen molar-refractivity contribution < 1.29 is 9.53 Å². The van der Waals surface area contributed by atoms with E-state index in [4.69, 9.17) is 16.3 Å². The molecule has 6 heteroatoms. The number of ether oxygens (including phenoxy) is 1. The van der Waals surface area contributed by atoms with E-state index in [1.807, 2.05) is 6.92 Å². The van der Waals surface area contributed by atoms with E-state index in [9.17, 15) is 4.79 Å². The van der Waals surface area contributed by atoms with Gasteiger partial charge in [0.05, 0.1) is 11.2 Å². The first kappa shape index (κ1) is 12.4. The summed E-state index contributed by atoms with van der Waals surface area (Å²) in [5.41, 5.74) is 0.862. The van der Waals surface area contributed by atoms with E-state index in [0.29, 0.717) is 16.6 Å². The lowest BCUT2D eigenvalue weighted by atomic mass is 10.3. The zero-order valence-corrected chi connectivity index (χ0v) is 10.5. The zero-order valence-electron chi connectivity index (χ0n) is 9.74. The summed E-state index contributed by atoms with van der Waals surface area (Å²) in [5, 5.41) is 9.62. The fourth-order valence-electron chi connectivity index (χ4n) is 1.35. The van der Waals surface area contributed by atoms with Gasteiger partial charge in [-0.2, -0.15) is 5.10 Å². The van der Waals surface area contributed by atoms with Crippen molar-refractivity contribution in [1.29, 1.82) is 0 Å². The average Bonchev–Trinajstić information content (AvgIpc) is 2.74. The molecule has 1 amide bonds. The van der Waals surface area contributed by atoms with Crippen LogP contribution in [0.1, 0.15) is 5.56 Å². The second-order valence-electron chi connectivity index (χ2n) is 3.70.